The van der Waals surface area contributed by atoms with E-state index in [0.717, 1.165) is 24.8 Å². The van der Waals surface area contributed by atoms with Crippen molar-refractivity contribution in [3.05, 3.63) is 126 Å². The maximum absolute atomic E-state index is 11.5. The van der Waals surface area contributed by atoms with Crippen LogP contribution in [-0.2, 0) is 10.3 Å². The van der Waals surface area contributed by atoms with Crippen LogP contribution in [0.2, 0.25) is 0 Å². The van der Waals surface area contributed by atoms with Crippen molar-refractivity contribution in [1.82, 2.24) is 9.55 Å². The smallest absolute Gasteiger partial charge is 0.123 e. The SMILES string of the molecule is CCC(C=O)[C@@H]1C[C@H]1c1cn(C(c2ccccc2)(c2ccccc2)c2ccccc2)cn1. The van der Waals surface area contributed by atoms with Gasteiger partial charge in [0, 0.05) is 18.0 Å². The van der Waals surface area contributed by atoms with Gasteiger partial charge in [0.05, 0.1) is 12.0 Å². The van der Waals surface area contributed by atoms with Crippen molar-refractivity contribution in [3.8, 4) is 0 Å². The van der Waals surface area contributed by atoms with E-state index in [-0.39, 0.29) is 5.92 Å². The number of carbonyl (C=O) groups is 1. The molecule has 0 amide bonds. The predicted octanol–water partition coefficient (Wildman–Crippen LogP) is 6.05. The molecule has 1 aliphatic rings. The first-order valence-electron chi connectivity index (χ1n) is 11.4. The van der Waals surface area contributed by atoms with Crippen molar-refractivity contribution in [1.29, 1.82) is 0 Å². The van der Waals surface area contributed by atoms with Gasteiger partial charge in [-0.15, -0.1) is 0 Å². The lowest BCUT2D eigenvalue weighted by molar-refractivity contribution is -0.111. The molecule has 1 aliphatic carbocycles. The molecule has 1 fully saturated rings. The first-order valence-corrected chi connectivity index (χ1v) is 11.4. The summed E-state index contributed by atoms with van der Waals surface area (Å²) in [6.07, 6.45) is 7.25. The van der Waals surface area contributed by atoms with E-state index in [1.165, 1.54) is 16.7 Å². The van der Waals surface area contributed by atoms with Crippen LogP contribution < -0.4 is 0 Å². The molecular weight excluding hydrogens is 392 g/mol. The summed E-state index contributed by atoms with van der Waals surface area (Å²) in [5.74, 6) is 0.916. The topological polar surface area (TPSA) is 34.9 Å². The molecule has 3 nitrogen and oxygen atoms in total. The summed E-state index contributed by atoms with van der Waals surface area (Å²) in [5.41, 5.74) is 4.12. The number of benzene rings is 3. The number of aromatic nitrogens is 2. The van der Waals surface area contributed by atoms with Crippen LogP contribution in [0.25, 0.3) is 0 Å². The van der Waals surface area contributed by atoms with Gasteiger partial charge in [-0.25, -0.2) is 4.98 Å². The molecule has 0 saturated heterocycles. The molecule has 3 aromatic carbocycles. The Balaban J connectivity index is 1.68. The summed E-state index contributed by atoms with van der Waals surface area (Å²) in [5, 5.41) is 0. The van der Waals surface area contributed by atoms with Crippen LogP contribution in [0.3, 0.4) is 0 Å². The highest BCUT2D eigenvalue weighted by molar-refractivity contribution is 5.56. The molecular formula is C29H28N2O. The summed E-state index contributed by atoms with van der Waals surface area (Å²) in [7, 11) is 0. The van der Waals surface area contributed by atoms with Crippen molar-refractivity contribution in [3.63, 3.8) is 0 Å². The van der Waals surface area contributed by atoms with E-state index in [9.17, 15) is 4.79 Å². The molecule has 1 heterocycles. The first kappa shape index (κ1) is 20.4. The van der Waals surface area contributed by atoms with Crippen LogP contribution in [0.5, 0.6) is 0 Å². The Hall–Kier alpha value is -3.46. The van der Waals surface area contributed by atoms with Crippen molar-refractivity contribution in [2.75, 3.05) is 0 Å². The lowest BCUT2D eigenvalue weighted by Crippen LogP contribution is -2.36. The molecule has 3 atom stereocenters. The fraction of sp³-hybridized carbons (Fsp3) is 0.241. The van der Waals surface area contributed by atoms with E-state index in [1.54, 1.807) is 0 Å². The number of aldehydes is 1. The third-order valence-electron chi connectivity index (χ3n) is 6.98. The minimum atomic E-state index is -0.533. The molecule has 1 saturated carbocycles. The van der Waals surface area contributed by atoms with Crippen LogP contribution in [0, 0.1) is 11.8 Å². The fourth-order valence-electron chi connectivity index (χ4n) is 5.23. The molecule has 1 aromatic heterocycles. The summed E-state index contributed by atoms with van der Waals surface area (Å²) in [6.45, 7) is 2.10. The van der Waals surface area contributed by atoms with Crippen LogP contribution >= 0.6 is 0 Å². The molecule has 0 spiro atoms. The number of imidazole rings is 1. The highest BCUT2D eigenvalue weighted by atomic mass is 16.1. The number of nitrogens with zero attached hydrogens (tertiary/aromatic N) is 2. The minimum absolute atomic E-state index is 0.132. The summed E-state index contributed by atoms with van der Waals surface area (Å²) in [4.78, 5) is 16.4. The molecule has 0 radical (unpaired) electrons. The van der Waals surface area contributed by atoms with Crippen LogP contribution in [0.15, 0.2) is 104 Å². The second-order valence-corrected chi connectivity index (χ2v) is 8.73. The normalized spacial score (nSPS) is 18.8. The highest BCUT2D eigenvalue weighted by Gasteiger charge is 2.45. The van der Waals surface area contributed by atoms with Crippen molar-refractivity contribution >= 4 is 6.29 Å². The zero-order valence-corrected chi connectivity index (χ0v) is 18.3. The van der Waals surface area contributed by atoms with Gasteiger partial charge in [0.25, 0.3) is 0 Å². The van der Waals surface area contributed by atoms with E-state index in [4.69, 9.17) is 4.98 Å². The Morgan fingerprint density at radius 1 is 0.906 bits per heavy atom. The zero-order chi connectivity index (χ0) is 22.0. The largest absolute Gasteiger partial charge is 0.319 e. The first-order chi connectivity index (χ1) is 15.8. The molecule has 160 valence electrons. The van der Waals surface area contributed by atoms with Crippen molar-refractivity contribution < 1.29 is 4.79 Å². The Bertz CT molecular complexity index is 1070. The van der Waals surface area contributed by atoms with Gasteiger partial charge in [-0.3, -0.25) is 0 Å². The molecule has 5 rings (SSSR count). The third kappa shape index (κ3) is 3.38. The van der Waals surface area contributed by atoms with E-state index in [1.807, 2.05) is 6.33 Å². The number of rotatable bonds is 8. The van der Waals surface area contributed by atoms with E-state index in [2.05, 4.69) is 109 Å². The average molecular weight is 421 g/mol. The zero-order valence-electron chi connectivity index (χ0n) is 18.3. The maximum atomic E-state index is 11.5. The second kappa shape index (κ2) is 8.58. The van der Waals surface area contributed by atoms with Crippen LogP contribution in [0.1, 0.15) is 48.1 Å². The Morgan fingerprint density at radius 3 is 1.84 bits per heavy atom. The Labute approximate surface area is 189 Å². The monoisotopic (exact) mass is 420 g/mol. The molecule has 0 bridgehead atoms. The Morgan fingerprint density at radius 2 is 1.41 bits per heavy atom. The minimum Gasteiger partial charge on any atom is -0.319 e. The van der Waals surface area contributed by atoms with Crippen molar-refractivity contribution in [2.45, 2.75) is 31.2 Å². The molecule has 4 aromatic rings. The molecule has 0 aliphatic heterocycles. The fourth-order valence-corrected chi connectivity index (χ4v) is 5.23. The van der Waals surface area contributed by atoms with Gasteiger partial charge in [-0.2, -0.15) is 0 Å². The second-order valence-electron chi connectivity index (χ2n) is 8.73. The highest BCUT2D eigenvalue weighted by Crippen LogP contribution is 2.52. The number of hydrogen-bond acceptors (Lipinski definition) is 2. The van der Waals surface area contributed by atoms with Crippen LogP contribution in [0.4, 0.5) is 0 Å². The van der Waals surface area contributed by atoms with E-state index < -0.39 is 5.54 Å². The van der Waals surface area contributed by atoms with Gasteiger partial charge >= 0.3 is 0 Å². The lowest BCUT2D eigenvalue weighted by Gasteiger charge is -2.37. The summed E-state index contributed by atoms with van der Waals surface area (Å²) < 4.78 is 2.26. The maximum Gasteiger partial charge on any atom is 0.123 e. The van der Waals surface area contributed by atoms with E-state index >= 15 is 0 Å². The van der Waals surface area contributed by atoms with E-state index in [0.29, 0.717) is 11.8 Å². The van der Waals surface area contributed by atoms with Gasteiger partial charge in [0.1, 0.15) is 11.8 Å². The van der Waals surface area contributed by atoms with Crippen molar-refractivity contribution in [2.24, 2.45) is 11.8 Å². The summed E-state index contributed by atoms with van der Waals surface area (Å²) in [6, 6.07) is 31.9. The predicted molar refractivity (Wildman–Crippen MR) is 128 cm³/mol. The van der Waals surface area contributed by atoms with Gasteiger partial charge in [0.2, 0.25) is 0 Å². The molecule has 1 unspecified atom stereocenters. The Kier molecular flexibility index (Phi) is 5.48. The van der Waals surface area contributed by atoms with Crippen LogP contribution in [-0.4, -0.2) is 15.8 Å². The number of carbonyl (C=O) groups excluding carboxylic acids is 1. The van der Waals surface area contributed by atoms with Gasteiger partial charge in [-0.1, -0.05) is 97.9 Å². The standard InChI is InChI=1S/C29H28N2O/c1-2-22(20-32)26-18-27(26)28-19-31(21-30-28)29(23-12-6-3-7-13-23,24-14-8-4-9-15-24)25-16-10-5-11-17-25/h3-17,19-22,26-27H,2,18H2,1H3/t22?,26-,27+/m0/s1. The van der Waals surface area contributed by atoms with Gasteiger partial charge in [0.15, 0.2) is 0 Å². The molecule has 0 N–H and O–H groups in total. The lowest BCUT2D eigenvalue weighted by atomic mass is 9.77. The molecule has 32 heavy (non-hydrogen) atoms. The third-order valence-corrected chi connectivity index (χ3v) is 6.98. The molecule has 3 heteroatoms. The number of hydrogen-bond donors (Lipinski definition) is 0. The average Bonchev–Trinajstić information content (AvgIpc) is 3.49. The van der Waals surface area contributed by atoms with Gasteiger partial charge in [-0.05, 0) is 35.4 Å². The van der Waals surface area contributed by atoms with Gasteiger partial charge < -0.3 is 9.36 Å². The summed E-state index contributed by atoms with van der Waals surface area (Å²) >= 11 is 0. The quantitative estimate of drug-likeness (QED) is 0.257.